The van der Waals surface area contributed by atoms with Gasteiger partial charge in [0.15, 0.2) is 5.58 Å². The lowest BCUT2D eigenvalue weighted by molar-refractivity contribution is 0.617. The number of para-hydroxylation sites is 2. The van der Waals surface area contributed by atoms with Crippen LogP contribution in [0.1, 0.15) is 0 Å². The highest BCUT2D eigenvalue weighted by molar-refractivity contribution is 6.19. The van der Waals surface area contributed by atoms with Crippen molar-refractivity contribution < 1.29 is 8.83 Å². The van der Waals surface area contributed by atoms with Gasteiger partial charge >= 0.3 is 0 Å². The van der Waals surface area contributed by atoms with Gasteiger partial charge in [-0.3, -0.25) is 0 Å². The molecule has 0 aliphatic heterocycles. The van der Waals surface area contributed by atoms with Crippen molar-refractivity contribution in [3.8, 4) is 44.8 Å². The molecule has 0 aliphatic rings. The molecule has 0 amide bonds. The Morgan fingerprint density at radius 2 is 1.00 bits per heavy atom. The maximum atomic E-state index is 6.43. The second-order valence-corrected chi connectivity index (χ2v) is 14.3. The number of rotatable bonds is 7. The van der Waals surface area contributed by atoms with Crippen molar-refractivity contribution in [3.05, 3.63) is 206 Å². The lowest BCUT2D eigenvalue weighted by atomic mass is 9.92. The van der Waals surface area contributed by atoms with E-state index < -0.39 is 0 Å². The first-order valence-electron chi connectivity index (χ1n) is 19.2. The molecule has 2 heterocycles. The molecule has 9 aromatic carbocycles. The number of hydrogen-bond donors (Lipinski definition) is 0. The van der Waals surface area contributed by atoms with Crippen LogP contribution in [0, 0.1) is 0 Å². The quantitative estimate of drug-likeness (QED) is 0.164. The average molecular weight is 731 g/mol. The molecule has 11 aromatic rings. The van der Waals surface area contributed by atoms with E-state index >= 15 is 0 Å². The van der Waals surface area contributed by atoms with Gasteiger partial charge in [-0.05, 0) is 99.3 Å². The first-order chi connectivity index (χ1) is 28.2. The van der Waals surface area contributed by atoms with Crippen molar-refractivity contribution >= 4 is 60.9 Å². The van der Waals surface area contributed by atoms with Crippen molar-refractivity contribution in [3.63, 3.8) is 0 Å². The Labute approximate surface area is 329 Å². The van der Waals surface area contributed by atoms with Crippen LogP contribution in [0.3, 0.4) is 0 Å². The van der Waals surface area contributed by atoms with Gasteiger partial charge in [0.25, 0.3) is 0 Å². The summed E-state index contributed by atoms with van der Waals surface area (Å²) in [5, 5.41) is 4.51. The molecule has 57 heavy (non-hydrogen) atoms. The second-order valence-electron chi connectivity index (χ2n) is 14.3. The van der Waals surface area contributed by atoms with Gasteiger partial charge in [0, 0.05) is 45.0 Å². The Bertz CT molecular complexity index is 3220. The first kappa shape index (κ1) is 32.7. The van der Waals surface area contributed by atoms with Crippen LogP contribution in [0.2, 0.25) is 0 Å². The molecular formula is C53H34N2O2. The Kier molecular flexibility index (Phi) is 7.78. The Morgan fingerprint density at radius 1 is 0.368 bits per heavy atom. The number of benzene rings is 9. The third-order valence-electron chi connectivity index (χ3n) is 10.9. The van der Waals surface area contributed by atoms with E-state index in [1.54, 1.807) is 0 Å². The molecule has 0 radical (unpaired) electrons. The van der Waals surface area contributed by atoms with E-state index in [4.69, 9.17) is 13.8 Å². The summed E-state index contributed by atoms with van der Waals surface area (Å²) in [6.07, 6.45) is 0. The number of hydrogen-bond acceptors (Lipinski definition) is 4. The van der Waals surface area contributed by atoms with Crippen LogP contribution >= 0.6 is 0 Å². The minimum Gasteiger partial charge on any atom is -0.456 e. The molecule has 0 fully saturated rings. The molecule has 0 atom stereocenters. The minimum absolute atomic E-state index is 0.580. The maximum Gasteiger partial charge on any atom is 0.227 e. The summed E-state index contributed by atoms with van der Waals surface area (Å²) in [4.78, 5) is 7.45. The highest BCUT2D eigenvalue weighted by Gasteiger charge is 2.22. The molecule has 0 spiro atoms. The molecular weight excluding hydrogens is 697 g/mol. The van der Waals surface area contributed by atoms with Gasteiger partial charge < -0.3 is 13.7 Å². The highest BCUT2D eigenvalue weighted by atomic mass is 16.4. The van der Waals surface area contributed by atoms with Crippen LogP contribution in [0.5, 0.6) is 0 Å². The zero-order valence-corrected chi connectivity index (χ0v) is 30.8. The maximum absolute atomic E-state index is 6.43. The van der Waals surface area contributed by atoms with Crippen LogP contribution in [-0.4, -0.2) is 4.98 Å². The molecule has 2 aromatic heterocycles. The zero-order chi connectivity index (χ0) is 37.7. The summed E-state index contributed by atoms with van der Waals surface area (Å²) in [7, 11) is 0. The van der Waals surface area contributed by atoms with Crippen LogP contribution < -0.4 is 4.90 Å². The molecule has 0 saturated heterocycles. The molecule has 0 saturated carbocycles. The Morgan fingerprint density at radius 3 is 1.79 bits per heavy atom. The molecule has 0 unspecified atom stereocenters. The molecule has 268 valence electrons. The SMILES string of the molecule is c1ccc(-c2nc3c(-c4ccc(N(c5ccccc5)c5ccc(-c6ccccc6)c(-c6ccc7ccccc7c6)c5)cc4)c4c(cc3o2)oc2ccccc24)cc1. The molecule has 4 nitrogen and oxygen atoms in total. The summed E-state index contributed by atoms with van der Waals surface area (Å²) in [5.74, 6) is 0.580. The zero-order valence-electron chi connectivity index (χ0n) is 30.8. The number of anilines is 3. The third-order valence-corrected chi connectivity index (χ3v) is 10.9. The molecule has 11 rings (SSSR count). The van der Waals surface area contributed by atoms with Crippen LogP contribution in [-0.2, 0) is 0 Å². The number of aromatic nitrogens is 1. The van der Waals surface area contributed by atoms with Gasteiger partial charge in [-0.1, -0.05) is 140 Å². The number of nitrogens with zero attached hydrogens (tertiary/aromatic N) is 2. The molecule has 0 aliphatic carbocycles. The summed E-state index contributed by atoms with van der Waals surface area (Å²) in [5.41, 5.74) is 13.9. The standard InChI is InChI=1S/C53H34N2O2/c1-4-15-36(16-5-1)44-31-30-43(33-46(44)40-25-24-35-14-10-11-19-39(35)32-40)55(41-20-8-3-9-21-41)42-28-26-37(27-29-42)50-51-45-22-12-13-23-47(45)56-48(51)34-49-52(50)54-53(57-49)38-17-6-2-7-18-38/h1-34H. The fourth-order valence-corrected chi connectivity index (χ4v) is 8.19. The van der Waals surface area contributed by atoms with Gasteiger partial charge in [0.05, 0.1) is 0 Å². The smallest absolute Gasteiger partial charge is 0.227 e. The van der Waals surface area contributed by atoms with Crippen molar-refractivity contribution in [2.24, 2.45) is 0 Å². The second kappa shape index (κ2) is 13.6. The van der Waals surface area contributed by atoms with Crippen molar-refractivity contribution in [1.82, 2.24) is 4.98 Å². The van der Waals surface area contributed by atoms with E-state index in [1.165, 1.54) is 33.0 Å². The van der Waals surface area contributed by atoms with Crippen LogP contribution in [0.25, 0.3) is 88.6 Å². The topological polar surface area (TPSA) is 42.4 Å². The fourth-order valence-electron chi connectivity index (χ4n) is 8.19. The Hall–Kier alpha value is -7.69. The van der Waals surface area contributed by atoms with Gasteiger partial charge in [-0.25, -0.2) is 4.98 Å². The lowest BCUT2D eigenvalue weighted by Gasteiger charge is -2.27. The monoisotopic (exact) mass is 730 g/mol. The van der Waals surface area contributed by atoms with E-state index in [9.17, 15) is 0 Å². The average Bonchev–Trinajstić information content (AvgIpc) is 3.88. The van der Waals surface area contributed by atoms with Gasteiger partial charge in [0.2, 0.25) is 5.89 Å². The summed E-state index contributed by atoms with van der Waals surface area (Å²) < 4.78 is 12.9. The summed E-state index contributed by atoms with van der Waals surface area (Å²) in [6, 6.07) is 72.4. The highest BCUT2D eigenvalue weighted by Crippen LogP contribution is 2.45. The predicted octanol–water partition coefficient (Wildman–Crippen LogP) is 15.0. The molecule has 4 heteroatoms. The predicted molar refractivity (Wildman–Crippen MR) is 235 cm³/mol. The molecule has 0 bridgehead atoms. The van der Waals surface area contributed by atoms with Gasteiger partial charge in [0.1, 0.15) is 16.7 Å². The summed E-state index contributed by atoms with van der Waals surface area (Å²) >= 11 is 0. The van der Waals surface area contributed by atoms with E-state index in [-0.39, 0.29) is 0 Å². The van der Waals surface area contributed by atoms with Gasteiger partial charge in [-0.2, -0.15) is 0 Å². The van der Waals surface area contributed by atoms with Crippen LogP contribution in [0.15, 0.2) is 215 Å². The van der Waals surface area contributed by atoms with Crippen molar-refractivity contribution in [1.29, 1.82) is 0 Å². The first-order valence-corrected chi connectivity index (χ1v) is 19.2. The van der Waals surface area contributed by atoms with E-state index in [0.717, 1.165) is 61.2 Å². The van der Waals surface area contributed by atoms with Crippen molar-refractivity contribution in [2.45, 2.75) is 0 Å². The minimum atomic E-state index is 0.580. The van der Waals surface area contributed by atoms with Crippen molar-refractivity contribution in [2.75, 3.05) is 4.90 Å². The number of furan rings is 1. The number of oxazole rings is 1. The number of fused-ring (bicyclic) bond motifs is 5. The fraction of sp³-hybridized carbons (Fsp3) is 0. The molecule has 0 N–H and O–H groups in total. The van der Waals surface area contributed by atoms with E-state index in [0.29, 0.717) is 11.5 Å². The lowest BCUT2D eigenvalue weighted by Crippen LogP contribution is -2.10. The van der Waals surface area contributed by atoms with Crippen LogP contribution in [0.4, 0.5) is 17.1 Å². The summed E-state index contributed by atoms with van der Waals surface area (Å²) in [6.45, 7) is 0. The van der Waals surface area contributed by atoms with Gasteiger partial charge in [-0.15, -0.1) is 0 Å². The third kappa shape index (κ3) is 5.74. The largest absolute Gasteiger partial charge is 0.456 e. The van der Waals surface area contributed by atoms with E-state index in [1.807, 2.05) is 48.5 Å². The van der Waals surface area contributed by atoms with E-state index in [2.05, 4.69) is 163 Å². The normalized spacial score (nSPS) is 11.5. The Balaban J connectivity index is 1.09.